The summed E-state index contributed by atoms with van der Waals surface area (Å²) >= 11 is 0. The van der Waals surface area contributed by atoms with Gasteiger partial charge in [-0.2, -0.15) is 23.1 Å². The van der Waals surface area contributed by atoms with Gasteiger partial charge in [-0.25, -0.2) is 4.98 Å². The zero-order valence-electron chi connectivity index (χ0n) is 21.6. The number of halogens is 4. The maximum absolute atomic E-state index is 14.1. The summed E-state index contributed by atoms with van der Waals surface area (Å²) in [6.45, 7) is 1.72. The fraction of sp³-hybridized carbons (Fsp3) is 0.0968. The van der Waals surface area contributed by atoms with Crippen LogP contribution in [0.15, 0.2) is 91.0 Å². The molecule has 0 aliphatic carbocycles. The molecule has 0 aliphatic rings. The van der Waals surface area contributed by atoms with E-state index >= 15 is 0 Å². The number of aromatic hydroxyl groups is 1. The Labute approximate surface area is 240 Å². The predicted octanol–water partition coefficient (Wildman–Crippen LogP) is 7.03. The zero-order chi connectivity index (χ0) is 28.1. The summed E-state index contributed by atoms with van der Waals surface area (Å²) in [6.07, 6.45) is -4.74. The third kappa shape index (κ3) is 7.18. The molecule has 0 unspecified atom stereocenters. The number of pyridine rings is 1. The van der Waals surface area contributed by atoms with Crippen molar-refractivity contribution < 1.29 is 23.0 Å². The minimum Gasteiger partial charge on any atom is -0.487 e. The van der Waals surface area contributed by atoms with Crippen LogP contribution in [0, 0.1) is 18.8 Å². The van der Waals surface area contributed by atoms with E-state index in [1.165, 1.54) is 12.1 Å². The second-order valence-electron chi connectivity index (χ2n) is 8.71. The monoisotopic (exact) mass is 574 g/mol. The predicted molar refractivity (Wildman–Crippen MR) is 150 cm³/mol. The molecule has 0 amide bonds. The number of aromatic nitrogens is 4. The van der Waals surface area contributed by atoms with Gasteiger partial charge in [0.25, 0.3) is 0 Å². The molecule has 5 aromatic rings. The van der Waals surface area contributed by atoms with Crippen molar-refractivity contribution in [3.8, 4) is 46.4 Å². The third-order valence-electron chi connectivity index (χ3n) is 5.77. The topological polar surface area (TPSA) is 81.0 Å². The van der Waals surface area contributed by atoms with Crippen molar-refractivity contribution >= 4 is 12.4 Å². The molecule has 0 atom stereocenters. The summed E-state index contributed by atoms with van der Waals surface area (Å²) in [5, 5.41) is 10.3. The Morgan fingerprint density at radius 3 is 2.07 bits per heavy atom. The summed E-state index contributed by atoms with van der Waals surface area (Å²) in [6, 6.07) is 24.4. The van der Waals surface area contributed by atoms with Crippen LogP contribution in [0.3, 0.4) is 0 Å². The molecule has 0 fully saturated rings. The first-order chi connectivity index (χ1) is 19.3. The van der Waals surface area contributed by atoms with Gasteiger partial charge in [0, 0.05) is 22.4 Å². The van der Waals surface area contributed by atoms with Gasteiger partial charge in [0.1, 0.15) is 12.4 Å². The van der Waals surface area contributed by atoms with Crippen LogP contribution in [0.2, 0.25) is 0 Å². The maximum Gasteiger partial charge on any atom is 0.417 e. The van der Waals surface area contributed by atoms with Crippen LogP contribution in [0.25, 0.3) is 22.8 Å². The van der Waals surface area contributed by atoms with Crippen LogP contribution in [0.5, 0.6) is 11.8 Å². The van der Waals surface area contributed by atoms with Crippen LogP contribution in [-0.2, 0) is 12.8 Å². The van der Waals surface area contributed by atoms with E-state index in [4.69, 9.17) is 4.74 Å². The average molecular weight is 575 g/mol. The molecule has 0 aliphatic heterocycles. The molecule has 41 heavy (non-hydrogen) atoms. The van der Waals surface area contributed by atoms with Crippen molar-refractivity contribution in [2.45, 2.75) is 19.7 Å². The Bertz CT molecular complexity index is 1720. The van der Waals surface area contributed by atoms with Crippen molar-refractivity contribution in [2.75, 3.05) is 0 Å². The summed E-state index contributed by atoms with van der Waals surface area (Å²) < 4.78 is 48.0. The maximum atomic E-state index is 14.1. The van der Waals surface area contributed by atoms with Gasteiger partial charge in [-0.05, 0) is 67.6 Å². The summed E-state index contributed by atoms with van der Waals surface area (Å²) in [5.41, 5.74) is 1.90. The van der Waals surface area contributed by atoms with Crippen LogP contribution >= 0.6 is 12.4 Å². The van der Waals surface area contributed by atoms with E-state index in [0.717, 1.165) is 17.3 Å². The highest BCUT2D eigenvalue weighted by Crippen LogP contribution is 2.41. The van der Waals surface area contributed by atoms with Crippen molar-refractivity contribution in [2.24, 2.45) is 0 Å². The summed E-state index contributed by atoms with van der Waals surface area (Å²) in [4.78, 5) is 16.4. The Balaban J connectivity index is 0.00000387. The smallest absolute Gasteiger partial charge is 0.417 e. The summed E-state index contributed by atoms with van der Waals surface area (Å²) in [5.74, 6) is 5.61. The molecule has 0 bridgehead atoms. The number of hydrogen-bond donors (Lipinski definition) is 1. The first-order valence-corrected chi connectivity index (χ1v) is 12.1. The molecule has 5 rings (SSSR count). The Morgan fingerprint density at radius 1 is 0.732 bits per heavy atom. The standard InChI is InChI=1S/C31H21F3N4O2.ClH/c1-20-7-5-10-24(35-20)19-40-26-12-6-11-25(31(32,33)34)27(26)29-36-28(37-30(39)38-29)23-17-15-22(16-18-23)14-13-21-8-3-2-4-9-21;/h2-12,15-18H,19H2,1H3,(H,36,37,38,39);1H. The normalized spacial score (nSPS) is 10.7. The average Bonchev–Trinajstić information content (AvgIpc) is 2.95. The van der Waals surface area contributed by atoms with Crippen molar-refractivity contribution in [3.63, 3.8) is 0 Å². The van der Waals surface area contributed by atoms with E-state index in [9.17, 15) is 18.3 Å². The van der Waals surface area contributed by atoms with Gasteiger partial charge in [-0.1, -0.05) is 42.2 Å². The van der Waals surface area contributed by atoms with Gasteiger partial charge >= 0.3 is 12.2 Å². The van der Waals surface area contributed by atoms with Gasteiger partial charge in [-0.15, -0.1) is 12.4 Å². The van der Waals surface area contributed by atoms with Gasteiger partial charge in [0.05, 0.1) is 16.8 Å². The number of aryl methyl sites for hydroxylation is 1. The fourth-order valence-corrected chi connectivity index (χ4v) is 3.92. The van der Waals surface area contributed by atoms with E-state index in [2.05, 4.69) is 31.8 Å². The molecule has 3 aromatic carbocycles. The lowest BCUT2D eigenvalue weighted by atomic mass is 10.0. The number of ether oxygens (including phenoxy) is 1. The Morgan fingerprint density at radius 2 is 1.39 bits per heavy atom. The third-order valence-corrected chi connectivity index (χ3v) is 5.77. The first kappa shape index (κ1) is 29.1. The van der Waals surface area contributed by atoms with Crippen molar-refractivity contribution in [1.29, 1.82) is 0 Å². The molecular formula is C31H22ClF3N4O2. The quantitative estimate of drug-likeness (QED) is 0.227. The van der Waals surface area contributed by atoms with Gasteiger partial charge in [0.15, 0.2) is 11.6 Å². The largest absolute Gasteiger partial charge is 0.487 e. The lowest BCUT2D eigenvalue weighted by molar-refractivity contribution is -0.137. The van der Waals surface area contributed by atoms with E-state index in [0.29, 0.717) is 16.8 Å². The molecular weight excluding hydrogens is 553 g/mol. The molecule has 206 valence electrons. The Kier molecular flexibility index (Phi) is 8.85. The number of hydrogen-bond acceptors (Lipinski definition) is 6. The van der Waals surface area contributed by atoms with Crippen LogP contribution in [0.4, 0.5) is 13.2 Å². The number of alkyl halides is 3. The molecule has 0 saturated heterocycles. The highest BCUT2D eigenvalue weighted by atomic mass is 35.5. The molecule has 10 heteroatoms. The molecule has 0 saturated carbocycles. The second kappa shape index (κ2) is 12.5. The van der Waals surface area contributed by atoms with E-state index in [-0.39, 0.29) is 36.4 Å². The SMILES string of the molecule is Cc1cccc(COc2cccc(C(F)(F)F)c2-c2nc(O)nc(-c3ccc(C#Cc4ccccc4)cc3)n2)n1.Cl. The van der Waals surface area contributed by atoms with Crippen molar-refractivity contribution in [3.05, 3.63) is 119 Å². The van der Waals surface area contributed by atoms with E-state index in [1.807, 2.05) is 30.3 Å². The minimum atomic E-state index is -4.74. The van der Waals surface area contributed by atoms with Gasteiger partial charge in [0.2, 0.25) is 0 Å². The number of nitrogens with zero attached hydrogens (tertiary/aromatic N) is 4. The molecule has 2 aromatic heterocycles. The number of benzene rings is 3. The first-order valence-electron chi connectivity index (χ1n) is 12.1. The van der Waals surface area contributed by atoms with Gasteiger partial charge in [-0.3, -0.25) is 4.98 Å². The molecule has 1 N–H and O–H groups in total. The van der Waals surface area contributed by atoms with Gasteiger partial charge < -0.3 is 9.84 Å². The van der Waals surface area contributed by atoms with Crippen molar-refractivity contribution in [1.82, 2.24) is 19.9 Å². The van der Waals surface area contributed by atoms with Crippen LogP contribution in [0.1, 0.15) is 28.1 Å². The minimum absolute atomic E-state index is 0. The second-order valence-corrected chi connectivity index (χ2v) is 8.71. The highest BCUT2D eigenvalue weighted by Gasteiger charge is 2.36. The number of rotatable bonds is 5. The van der Waals surface area contributed by atoms with Crippen LogP contribution < -0.4 is 4.74 Å². The van der Waals surface area contributed by atoms with E-state index in [1.54, 1.807) is 49.4 Å². The lowest BCUT2D eigenvalue weighted by Crippen LogP contribution is -2.11. The lowest BCUT2D eigenvalue weighted by Gasteiger charge is -2.17. The summed E-state index contributed by atoms with van der Waals surface area (Å²) in [7, 11) is 0. The zero-order valence-corrected chi connectivity index (χ0v) is 22.4. The van der Waals surface area contributed by atoms with E-state index < -0.39 is 23.3 Å². The molecule has 0 radical (unpaired) electrons. The molecule has 6 nitrogen and oxygen atoms in total. The molecule has 2 heterocycles. The fourth-order valence-electron chi connectivity index (χ4n) is 3.92. The Hall–Kier alpha value is -4.94. The molecule has 0 spiro atoms. The van der Waals surface area contributed by atoms with Crippen LogP contribution in [-0.4, -0.2) is 25.0 Å². The highest BCUT2D eigenvalue weighted by molar-refractivity contribution is 5.85.